The van der Waals surface area contributed by atoms with E-state index in [0.717, 1.165) is 17.4 Å². The summed E-state index contributed by atoms with van der Waals surface area (Å²) in [6.45, 7) is 0. The van der Waals surface area contributed by atoms with Crippen molar-refractivity contribution in [2.45, 2.75) is 6.42 Å². The molecule has 0 spiro atoms. The van der Waals surface area contributed by atoms with Crippen molar-refractivity contribution in [3.63, 3.8) is 0 Å². The summed E-state index contributed by atoms with van der Waals surface area (Å²) in [7, 11) is 1.96. The molecule has 1 aliphatic carbocycles. The monoisotopic (exact) mass is 366 g/mol. The van der Waals surface area contributed by atoms with E-state index in [9.17, 15) is 0 Å². The maximum atomic E-state index is 5.09. The van der Waals surface area contributed by atoms with Gasteiger partial charge in [0.1, 0.15) is 0 Å². The molecule has 0 atom stereocenters. The second-order valence-corrected chi connectivity index (χ2v) is 5.84. The Labute approximate surface area is 198 Å². The minimum atomic E-state index is 0. The van der Waals surface area contributed by atoms with Crippen LogP contribution in [0.5, 0.6) is 0 Å². The van der Waals surface area contributed by atoms with Gasteiger partial charge in [0.2, 0.25) is 0 Å². The van der Waals surface area contributed by atoms with Crippen LogP contribution in [0.15, 0.2) is 77.4 Å². The molecule has 1 aliphatic rings. The molecule has 0 saturated carbocycles. The molecule has 0 radical (unpaired) electrons. The molecule has 3 heteroatoms. The van der Waals surface area contributed by atoms with Crippen molar-refractivity contribution < 1.29 is 55.8 Å². The van der Waals surface area contributed by atoms with Gasteiger partial charge in [0, 0.05) is 18.3 Å². The van der Waals surface area contributed by atoms with Crippen LogP contribution in [-0.4, -0.2) is 7.05 Å². The van der Waals surface area contributed by atoms with Crippen molar-refractivity contribution >= 4 is 16.7 Å². The Kier molecular flexibility index (Phi) is 7.68. The Morgan fingerprint density at radius 1 is 0.962 bits per heavy atom. The minimum absolute atomic E-state index is 0. The van der Waals surface area contributed by atoms with Crippen LogP contribution in [-0.2, 0) is 6.42 Å². The first-order chi connectivity index (χ1) is 11.8. The number of rotatable bonds is 1. The van der Waals surface area contributed by atoms with Crippen LogP contribution in [0.2, 0.25) is 0 Å². The predicted molar refractivity (Wildman–Crippen MR) is 106 cm³/mol. The molecular weight excluding hydrogens is 345 g/mol. The van der Waals surface area contributed by atoms with Gasteiger partial charge in [0.05, 0.1) is 6.26 Å². The van der Waals surface area contributed by atoms with Crippen molar-refractivity contribution in [3.05, 3.63) is 97.6 Å². The van der Waals surface area contributed by atoms with Crippen LogP contribution >= 0.6 is 0 Å². The Hall–Kier alpha value is -1.36. The second-order valence-electron chi connectivity index (χ2n) is 5.84. The fourth-order valence-corrected chi connectivity index (χ4v) is 3.15. The number of furan rings is 1. The predicted octanol–water partition coefficient (Wildman–Crippen LogP) is 2.99. The number of hydrogen-bond acceptors (Lipinski definition) is 2. The zero-order valence-corrected chi connectivity index (χ0v) is 18.7. The van der Waals surface area contributed by atoms with Gasteiger partial charge in [-0.2, -0.15) is 18.2 Å². The first-order valence-electron chi connectivity index (χ1n) is 8.07. The molecule has 1 aromatic heterocycles. The van der Waals surface area contributed by atoms with E-state index < -0.39 is 0 Å². The molecule has 0 fully saturated rings. The van der Waals surface area contributed by atoms with Gasteiger partial charge in [0.25, 0.3) is 0 Å². The number of anilines is 1. The summed E-state index contributed by atoms with van der Waals surface area (Å²) in [5.74, 6) is 0. The summed E-state index contributed by atoms with van der Waals surface area (Å²) in [5.41, 5.74) is 7.77. The summed E-state index contributed by atoms with van der Waals surface area (Å²) in [6.07, 6.45) is 2.75. The van der Waals surface area contributed by atoms with Gasteiger partial charge in [-0.15, -0.1) is 6.07 Å². The standard InChI is InChI=1S/C14H13N.C8H5O.CH3.K/c1-15-12-6-7-14-11(9-12)8-10-4-2-3-5-13(10)14;1-2-4-8-7(3-1)5-6-9-8;;/h2-7,9,15H,8H2,1H3;1,3-6H;1H3;/q;2*-1;+1. The molecule has 4 aromatic rings. The SMILES string of the molecule is CNc1ccc2c(c1)Cc1ccccc1-2.[CH3-].[K+].[c-]1ccc2ccoc2c1. The molecule has 26 heavy (non-hydrogen) atoms. The third kappa shape index (κ3) is 4.30. The number of benzene rings is 3. The van der Waals surface area contributed by atoms with Crippen molar-refractivity contribution in [2.75, 3.05) is 12.4 Å². The molecule has 0 saturated heterocycles. The molecule has 1 heterocycles. The molecule has 0 bridgehead atoms. The summed E-state index contributed by atoms with van der Waals surface area (Å²) in [5, 5.41) is 4.32. The van der Waals surface area contributed by atoms with Crippen molar-refractivity contribution in [2.24, 2.45) is 0 Å². The topological polar surface area (TPSA) is 25.2 Å². The third-order valence-electron chi connectivity index (χ3n) is 4.38. The fraction of sp³-hybridized carbons (Fsp3) is 0.0870. The van der Waals surface area contributed by atoms with Crippen LogP contribution in [0.1, 0.15) is 11.1 Å². The van der Waals surface area contributed by atoms with E-state index in [1.807, 2.05) is 31.3 Å². The van der Waals surface area contributed by atoms with E-state index in [4.69, 9.17) is 4.42 Å². The maximum Gasteiger partial charge on any atom is 1.00 e. The van der Waals surface area contributed by atoms with Crippen LogP contribution in [0, 0.1) is 13.5 Å². The number of hydrogen-bond donors (Lipinski definition) is 1. The quantitative estimate of drug-likeness (QED) is 0.364. The molecular formula is C23H21KNO-. The van der Waals surface area contributed by atoms with E-state index in [0.29, 0.717) is 0 Å². The van der Waals surface area contributed by atoms with E-state index >= 15 is 0 Å². The molecule has 0 amide bonds. The molecule has 3 aromatic carbocycles. The van der Waals surface area contributed by atoms with Crippen molar-refractivity contribution in [1.29, 1.82) is 0 Å². The molecule has 0 aliphatic heterocycles. The van der Waals surface area contributed by atoms with E-state index in [1.54, 1.807) is 6.26 Å². The van der Waals surface area contributed by atoms with E-state index in [2.05, 4.69) is 53.8 Å². The van der Waals surface area contributed by atoms with Gasteiger partial charge in [0.15, 0.2) is 0 Å². The summed E-state index contributed by atoms with van der Waals surface area (Å²) >= 11 is 0. The summed E-state index contributed by atoms with van der Waals surface area (Å²) in [4.78, 5) is 0. The minimum Gasteiger partial charge on any atom is -0.523 e. The van der Waals surface area contributed by atoms with Gasteiger partial charge in [-0.25, -0.2) is 0 Å². The molecule has 1 N–H and O–H groups in total. The Balaban J connectivity index is 0.000000192. The maximum absolute atomic E-state index is 5.09. The Morgan fingerprint density at radius 2 is 1.77 bits per heavy atom. The average molecular weight is 367 g/mol. The van der Waals surface area contributed by atoms with Gasteiger partial charge in [-0.05, 0) is 46.9 Å². The Bertz CT molecular complexity index is 960. The first-order valence-corrected chi connectivity index (χ1v) is 8.07. The van der Waals surface area contributed by atoms with Gasteiger partial charge >= 0.3 is 51.4 Å². The largest absolute Gasteiger partial charge is 1.00 e. The van der Waals surface area contributed by atoms with Gasteiger partial charge < -0.3 is 17.2 Å². The van der Waals surface area contributed by atoms with Crippen LogP contribution in [0.3, 0.4) is 0 Å². The fourth-order valence-electron chi connectivity index (χ4n) is 3.15. The number of fused-ring (bicyclic) bond motifs is 4. The summed E-state index contributed by atoms with van der Waals surface area (Å²) < 4.78 is 5.09. The molecule has 126 valence electrons. The smallest absolute Gasteiger partial charge is 0.523 e. The Morgan fingerprint density at radius 3 is 2.58 bits per heavy atom. The van der Waals surface area contributed by atoms with Gasteiger partial charge in [-0.1, -0.05) is 35.7 Å². The van der Waals surface area contributed by atoms with E-state index in [-0.39, 0.29) is 58.8 Å². The number of nitrogens with one attached hydrogen (secondary N) is 1. The van der Waals surface area contributed by atoms with Gasteiger partial charge in [-0.3, -0.25) is 0 Å². The second kappa shape index (κ2) is 9.54. The molecule has 0 unspecified atom stereocenters. The first kappa shape index (κ1) is 20.9. The van der Waals surface area contributed by atoms with Crippen LogP contribution in [0.25, 0.3) is 22.1 Å². The molecule has 2 nitrogen and oxygen atoms in total. The normalized spacial score (nSPS) is 10.5. The van der Waals surface area contributed by atoms with Crippen LogP contribution < -0.4 is 56.7 Å². The summed E-state index contributed by atoms with van der Waals surface area (Å²) in [6, 6.07) is 25.8. The van der Waals surface area contributed by atoms with Crippen molar-refractivity contribution in [1.82, 2.24) is 0 Å². The van der Waals surface area contributed by atoms with E-state index in [1.165, 1.54) is 27.9 Å². The van der Waals surface area contributed by atoms with Crippen molar-refractivity contribution in [3.8, 4) is 11.1 Å². The molecule has 5 rings (SSSR count). The average Bonchev–Trinajstić information content (AvgIpc) is 3.25. The zero-order chi connectivity index (χ0) is 16.4. The zero-order valence-electron chi connectivity index (χ0n) is 15.5. The third-order valence-corrected chi connectivity index (χ3v) is 4.38. The van der Waals surface area contributed by atoms with Crippen LogP contribution in [0.4, 0.5) is 5.69 Å².